The molecule has 5 heteroatoms. The molecule has 0 aromatic heterocycles. The van der Waals surface area contributed by atoms with Crippen LogP contribution in [0.4, 0.5) is 0 Å². The van der Waals surface area contributed by atoms with E-state index in [9.17, 15) is 4.79 Å². The number of aryl methyl sites for hydroxylation is 3. The quantitative estimate of drug-likeness (QED) is 0.593. The lowest BCUT2D eigenvalue weighted by Gasteiger charge is -2.33. The molecule has 0 spiro atoms. The number of halogens is 1. The summed E-state index contributed by atoms with van der Waals surface area (Å²) in [6.07, 6.45) is 3.82. The minimum absolute atomic E-state index is 0.103. The second-order valence-electron chi connectivity index (χ2n) is 8.11. The van der Waals surface area contributed by atoms with E-state index in [1.807, 2.05) is 18.2 Å². The molecule has 0 radical (unpaired) electrons. The Morgan fingerprint density at radius 1 is 1.14 bits per heavy atom. The molecular formula is C24H33ClN2OS. The molecule has 1 saturated heterocycles. The number of hydrogen-bond donors (Lipinski definition) is 2. The topological polar surface area (TPSA) is 46.3 Å². The Bertz CT molecular complexity index is 783. The fraction of sp³-hybridized carbons (Fsp3) is 0.458. The van der Waals surface area contributed by atoms with Crippen molar-refractivity contribution in [2.24, 2.45) is 11.1 Å². The Morgan fingerprint density at radius 2 is 1.72 bits per heavy atom. The van der Waals surface area contributed by atoms with Gasteiger partial charge in [-0.1, -0.05) is 66.0 Å². The van der Waals surface area contributed by atoms with Crippen molar-refractivity contribution in [1.29, 1.82) is 0 Å². The number of hydrogen-bond acceptors (Lipinski definition) is 3. The standard InChI is InChI=1S/C24H30ClNO.H3NS/c1-17-10-12-26(13-11-17)24(27)22(21-15-18(2)14-19(3)16-21)9-8-20-6-4-5-7-23(20)25;1-2/h4-7,14-17,22H,8-13H2,1-3H3;2H,1H2. The minimum Gasteiger partial charge on any atom is -0.342 e. The smallest absolute Gasteiger partial charge is 0.230 e. The highest BCUT2D eigenvalue weighted by Gasteiger charge is 2.28. The van der Waals surface area contributed by atoms with Crippen LogP contribution in [0.5, 0.6) is 0 Å². The molecule has 2 N–H and O–H groups in total. The van der Waals surface area contributed by atoms with Gasteiger partial charge in [-0.2, -0.15) is 0 Å². The van der Waals surface area contributed by atoms with Gasteiger partial charge in [0.1, 0.15) is 0 Å². The summed E-state index contributed by atoms with van der Waals surface area (Å²) in [7, 11) is 0. The van der Waals surface area contributed by atoms with Gasteiger partial charge in [0, 0.05) is 18.1 Å². The second kappa shape index (κ2) is 11.6. The van der Waals surface area contributed by atoms with Gasteiger partial charge < -0.3 is 4.90 Å². The van der Waals surface area contributed by atoms with E-state index in [2.05, 4.69) is 67.9 Å². The molecule has 1 fully saturated rings. The summed E-state index contributed by atoms with van der Waals surface area (Å²) < 4.78 is 0. The van der Waals surface area contributed by atoms with Gasteiger partial charge in [-0.3, -0.25) is 9.93 Å². The van der Waals surface area contributed by atoms with Crippen molar-refractivity contribution < 1.29 is 4.79 Å². The summed E-state index contributed by atoms with van der Waals surface area (Å²) >= 11 is 9.38. The van der Waals surface area contributed by atoms with Gasteiger partial charge in [-0.15, -0.1) is 12.8 Å². The van der Waals surface area contributed by atoms with E-state index in [1.54, 1.807) is 0 Å². The number of likely N-dealkylation sites (tertiary alicyclic amines) is 1. The maximum atomic E-state index is 13.4. The molecule has 0 aliphatic carbocycles. The molecule has 1 aliphatic heterocycles. The number of nitrogens with zero attached hydrogens (tertiary/aromatic N) is 1. The molecule has 2 aromatic carbocycles. The van der Waals surface area contributed by atoms with Gasteiger partial charge in [-0.05, 0) is 62.6 Å². The first kappa shape index (κ1) is 23.8. The third-order valence-electron chi connectivity index (χ3n) is 5.70. The van der Waals surface area contributed by atoms with Crippen LogP contribution in [0.1, 0.15) is 54.4 Å². The Balaban J connectivity index is 0.00000145. The van der Waals surface area contributed by atoms with Crippen molar-refractivity contribution in [2.75, 3.05) is 13.1 Å². The van der Waals surface area contributed by atoms with Gasteiger partial charge in [0.05, 0.1) is 5.92 Å². The van der Waals surface area contributed by atoms with Crippen LogP contribution in [-0.2, 0) is 11.2 Å². The zero-order valence-corrected chi connectivity index (χ0v) is 19.3. The lowest BCUT2D eigenvalue weighted by Crippen LogP contribution is -2.40. The summed E-state index contributed by atoms with van der Waals surface area (Å²) in [5, 5.41) is 4.98. The van der Waals surface area contributed by atoms with Crippen molar-refractivity contribution in [3.8, 4) is 0 Å². The van der Waals surface area contributed by atoms with Gasteiger partial charge in [0.15, 0.2) is 0 Å². The summed E-state index contributed by atoms with van der Waals surface area (Å²) in [5.41, 5.74) is 4.69. The number of amides is 1. The van der Waals surface area contributed by atoms with Crippen molar-refractivity contribution in [2.45, 2.75) is 52.4 Å². The van der Waals surface area contributed by atoms with Crippen LogP contribution in [0.25, 0.3) is 0 Å². The van der Waals surface area contributed by atoms with E-state index in [-0.39, 0.29) is 11.8 Å². The largest absolute Gasteiger partial charge is 0.342 e. The van der Waals surface area contributed by atoms with Gasteiger partial charge in [-0.25, -0.2) is 0 Å². The van der Waals surface area contributed by atoms with E-state index in [4.69, 9.17) is 11.6 Å². The van der Waals surface area contributed by atoms with Crippen molar-refractivity contribution in [3.05, 3.63) is 69.7 Å². The predicted octanol–water partition coefficient (Wildman–Crippen LogP) is 5.72. The van der Waals surface area contributed by atoms with Gasteiger partial charge in [0.25, 0.3) is 0 Å². The van der Waals surface area contributed by atoms with E-state index in [1.165, 1.54) is 11.1 Å². The molecule has 3 nitrogen and oxygen atoms in total. The minimum atomic E-state index is -0.103. The fourth-order valence-corrected chi connectivity index (χ4v) is 4.32. The lowest BCUT2D eigenvalue weighted by molar-refractivity contribution is -0.134. The van der Waals surface area contributed by atoms with Crippen LogP contribution in [0.3, 0.4) is 0 Å². The van der Waals surface area contributed by atoms with E-state index >= 15 is 0 Å². The zero-order valence-electron chi connectivity index (χ0n) is 17.7. The number of carbonyl (C=O) groups is 1. The van der Waals surface area contributed by atoms with Crippen molar-refractivity contribution >= 4 is 30.3 Å². The third kappa shape index (κ3) is 6.77. The third-order valence-corrected chi connectivity index (χ3v) is 6.07. The van der Waals surface area contributed by atoms with Crippen LogP contribution in [-0.4, -0.2) is 23.9 Å². The van der Waals surface area contributed by atoms with E-state index in [0.717, 1.165) is 60.8 Å². The molecule has 1 aliphatic rings. The van der Waals surface area contributed by atoms with Crippen LogP contribution in [0.2, 0.25) is 5.02 Å². The number of rotatable bonds is 5. The monoisotopic (exact) mass is 432 g/mol. The molecule has 1 atom stereocenters. The van der Waals surface area contributed by atoms with E-state index < -0.39 is 0 Å². The molecule has 2 aromatic rings. The lowest BCUT2D eigenvalue weighted by atomic mass is 9.88. The average Bonchev–Trinajstić information content (AvgIpc) is 2.70. The molecular weight excluding hydrogens is 400 g/mol. The number of thiol groups is 1. The SMILES string of the molecule is Cc1cc(C)cc(C(CCc2ccccc2Cl)C(=O)N2CCC(C)CC2)c1.NS. The first-order valence-corrected chi connectivity index (χ1v) is 11.2. The Labute approximate surface area is 186 Å². The number of nitrogens with two attached hydrogens (primary N) is 1. The maximum absolute atomic E-state index is 13.4. The van der Waals surface area contributed by atoms with Crippen molar-refractivity contribution in [1.82, 2.24) is 4.90 Å². The summed E-state index contributed by atoms with van der Waals surface area (Å²) in [4.78, 5) is 15.5. The number of benzene rings is 2. The summed E-state index contributed by atoms with van der Waals surface area (Å²) in [6, 6.07) is 14.5. The Morgan fingerprint density at radius 3 is 2.31 bits per heavy atom. The molecule has 3 rings (SSSR count). The van der Waals surface area contributed by atoms with Crippen LogP contribution >= 0.6 is 24.4 Å². The molecule has 1 heterocycles. The molecule has 1 unspecified atom stereocenters. The highest BCUT2D eigenvalue weighted by molar-refractivity contribution is 7.77. The molecule has 158 valence electrons. The normalized spacial score (nSPS) is 15.4. The Kier molecular flexibility index (Phi) is 9.54. The first-order chi connectivity index (χ1) is 13.9. The highest BCUT2D eigenvalue weighted by atomic mass is 35.5. The van der Waals surface area contributed by atoms with Crippen LogP contribution in [0.15, 0.2) is 42.5 Å². The summed E-state index contributed by atoms with van der Waals surface area (Å²) in [6.45, 7) is 8.25. The Hall–Kier alpha value is -1.49. The molecule has 0 bridgehead atoms. The zero-order chi connectivity index (χ0) is 21.4. The predicted molar refractivity (Wildman–Crippen MR) is 127 cm³/mol. The summed E-state index contributed by atoms with van der Waals surface area (Å²) in [5.74, 6) is 0.893. The highest BCUT2D eigenvalue weighted by Crippen LogP contribution is 2.29. The fourth-order valence-electron chi connectivity index (χ4n) is 4.09. The van der Waals surface area contributed by atoms with Crippen LogP contribution in [0, 0.1) is 19.8 Å². The van der Waals surface area contributed by atoms with E-state index in [0.29, 0.717) is 0 Å². The molecule has 29 heavy (non-hydrogen) atoms. The molecule has 1 amide bonds. The number of carbonyl (C=O) groups excluding carboxylic acids is 1. The van der Waals surface area contributed by atoms with Crippen molar-refractivity contribution in [3.63, 3.8) is 0 Å². The number of piperidine rings is 1. The molecule has 0 saturated carbocycles. The average molecular weight is 433 g/mol. The van der Waals surface area contributed by atoms with Gasteiger partial charge >= 0.3 is 0 Å². The first-order valence-electron chi connectivity index (χ1n) is 10.3. The second-order valence-corrected chi connectivity index (χ2v) is 8.52. The maximum Gasteiger partial charge on any atom is 0.230 e. The van der Waals surface area contributed by atoms with Crippen LogP contribution < -0.4 is 5.14 Å². The van der Waals surface area contributed by atoms with Gasteiger partial charge in [0.2, 0.25) is 5.91 Å².